The zero-order valence-corrected chi connectivity index (χ0v) is 16.3. The smallest absolute Gasteiger partial charge is 0.233 e. The maximum absolute atomic E-state index is 12.5. The van der Waals surface area contributed by atoms with Gasteiger partial charge in [0.05, 0.1) is 12.9 Å². The summed E-state index contributed by atoms with van der Waals surface area (Å²) in [5.41, 5.74) is 1.14. The van der Waals surface area contributed by atoms with Crippen molar-refractivity contribution in [2.45, 2.75) is 11.1 Å². The third kappa shape index (κ3) is 5.32. The summed E-state index contributed by atoms with van der Waals surface area (Å²) in [4.78, 5) is 18.6. The molecule has 0 saturated carbocycles. The van der Waals surface area contributed by atoms with Crippen LogP contribution in [0.3, 0.4) is 0 Å². The number of rotatable bonds is 8. The van der Waals surface area contributed by atoms with Gasteiger partial charge in [-0.05, 0) is 35.9 Å². The van der Waals surface area contributed by atoms with Crippen LogP contribution in [0.5, 0.6) is 11.5 Å². The molecule has 1 atom stereocenters. The molecule has 0 bridgehead atoms. The van der Waals surface area contributed by atoms with E-state index in [4.69, 9.17) is 9.47 Å². The lowest BCUT2D eigenvalue weighted by molar-refractivity contribution is -0.128. The molecule has 1 aromatic carbocycles. The maximum atomic E-state index is 12.5. The quantitative estimate of drug-likeness (QED) is 0.689. The average molecular weight is 391 g/mol. The van der Waals surface area contributed by atoms with Gasteiger partial charge in [0, 0.05) is 30.4 Å². The lowest BCUT2D eigenvalue weighted by atomic mass is 10.3. The fourth-order valence-electron chi connectivity index (χ4n) is 2.61. The molecular formula is C19H22N2O3S2. The molecule has 1 saturated heterocycles. The minimum absolute atomic E-state index is 0.0728. The Morgan fingerprint density at radius 2 is 2.12 bits per heavy atom. The van der Waals surface area contributed by atoms with Crippen LogP contribution in [-0.2, 0) is 10.5 Å². The molecule has 2 aromatic rings. The summed E-state index contributed by atoms with van der Waals surface area (Å²) in [6.45, 7) is 1.28. The van der Waals surface area contributed by atoms with Crippen LogP contribution in [0.25, 0.3) is 0 Å². The number of benzene rings is 1. The fraction of sp³-hybridized carbons (Fsp3) is 0.368. The van der Waals surface area contributed by atoms with Crippen molar-refractivity contribution in [2.75, 3.05) is 31.8 Å². The summed E-state index contributed by atoms with van der Waals surface area (Å²) in [6.07, 6.45) is 3.60. The minimum Gasteiger partial charge on any atom is -0.497 e. The molecule has 1 amide bonds. The Morgan fingerprint density at radius 1 is 1.31 bits per heavy atom. The van der Waals surface area contributed by atoms with Crippen LogP contribution >= 0.6 is 23.5 Å². The number of hydrogen-bond donors (Lipinski definition) is 0. The molecule has 1 unspecified atom stereocenters. The normalized spacial score (nSPS) is 16.5. The summed E-state index contributed by atoms with van der Waals surface area (Å²) >= 11 is 3.40. The fourth-order valence-corrected chi connectivity index (χ4v) is 4.60. The van der Waals surface area contributed by atoms with E-state index in [1.54, 1.807) is 36.8 Å². The van der Waals surface area contributed by atoms with E-state index < -0.39 is 0 Å². The van der Waals surface area contributed by atoms with Gasteiger partial charge in [0.15, 0.2) is 0 Å². The van der Waals surface area contributed by atoms with Crippen molar-refractivity contribution in [2.24, 2.45) is 0 Å². The minimum atomic E-state index is 0.0728. The molecule has 0 N–H and O–H groups in total. The molecule has 0 aliphatic carbocycles. The van der Waals surface area contributed by atoms with Crippen LogP contribution in [0.15, 0.2) is 48.8 Å². The number of aromatic nitrogens is 1. The van der Waals surface area contributed by atoms with E-state index >= 15 is 0 Å². The first-order valence-electron chi connectivity index (χ1n) is 8.41. The standard InChI is InChI=1S/C19H22N2O3S2/c1-23-16-4-6-17(7-5-16)24-12-19-21(9-10-26-19)18(22)14-25-13-15-3-2-8-20-11-15/h2-8,11,19H,9-10,12-14H2,1H3. The molecule has 3 rings (SSSR count). The Bertz CT molecular complexity index is 698. The molecule has 1 fully saturated rings. The van der Waals surface area contributed by atoms with Crippen molar-refractivity contribution in [3.8, 4) is 11.5 Å². The second kappa shape index (κ2) is 9.73. The van der Waals surface area contributed by atoms with Gasteiger partial charge in [-0.2, -0.15) is 0 Å². The number of hydrogen-bond acceptors (Lipinski definition) is 6. The average Bonchev–Trinajstić information content (AvgIpc) is 3.16. The van der Waals surface area contributed by atoms with Crippen LogP contribution in [0.1, 0.15) is 5.56 Å². The van der Waals surface area contributed by atoms with E-state index in [9.17, 15) is 4.79 Å². The van der Waals surface area contributed by atoms with Crippen molar-refractivity contribution >= 4 is 29.4 Å². The predicted octanol–water partition coefficient (Wildman–Crippen LogP) is 3.30. The highest BCUT2D eigenvalue weighted by molar-refractivity contribution is 8.00. The SMILES string of the molecule is COc1ccc(OCC2SCCN2C(=O)CSCc2cccnc2)cc1. The van der Waals surface area contributed by atoms with Crippen LogP contribution in [0.2, 0.25) is 0 Å². The number of nitrogens with zero attached hydrogens (tertiary/aromatic N) is 2. The van der Waals surface area contributed by atoms with Gasteiger partial charge in [-0.25, -0.2) is 0 Å². The first kappa shape index (κ1) is 18.9. The summed E-state index contributed by atoms with van der Waals surface area (Å²) in [7, 11) is 1.64. The Morgan fingerprint density at radius 3 is 2.85 bits per heavy atom. The predicted molar refractivity (Wildman–Crippen MR) is 107 cm³/mol. The van der Waals surface area contributed by atoms with E-state index in [0.717, 1.165) is 35.1 Å². The number of amides is 1. The summed E-state index contributed by atoms with van der Waals surface area (Å²) < 4.78 is 11.0. The van der Waals surface area contributed by atoms with Gasteiger partial charge in [-0.15, -0.1) is 23.5 Å². The monoisotopic (exact) mass is 390 g/mol. The molecule has 2 heterocycles. The Labute approximate surface area is 162 Å². The topological polar surface area (TPSA) is 51.7 Å². The molecule has 1 aliphatic heterocycles. The van der Waals surface area contributed by atoms with Gasteiger partial charge < -0.3 is 14.4 Å². The number of carbonyl (C=O) groups excluding carboxylic acids is 1. The van der Waals surface area contributed by atoms with Crippen LogP contribution in [0, 0.1) is 0 Å². The molecule has 138 valence electrons. The molecule has 0 radical (unpaired) electrons. The third-order valence-electron chi connectivity index (χ3n) is 3.98. The Kier molecular flexibility index (Phi) is 7.08. The van der Waals surface area contributed by atoms with Gasteiger partial charge in [0.25, 0.3) is 0 Å². The highest BCUT2D eigenvalue weighted by Crippen LogP contribution is 2.26. The van der Waals surface area contributed by atoms with Crippen molar-refractivity contribution in [3.63, 3.8) is 0 Å². The van der Waals surface area contributed by atoms with E-state index in [2.05, 4.69) is 4.98 Å². The van der Waals surface area contributed by atoms with Gasteiger partial charge >= 0.3 is 0 Å². The summed E-state index contributed by atoms with van der Waals surface area (Å²) in [5.74, 6) is 4.00. The molecular weight excluding hydrogens is 368 g/mol. The first-order chi connectivity index (χ1) is 12.8. The Balaban J connectivity index is 1.45. The van der Waals surface area contributed by atoms with Crippen molar-refractivity contribution in [1.29, 1.82) is 0 Å². The molecule has 5 nitrogen and oxygen atoms in total. The van der Waals surface area contributed by atoms with Gasteiger partial charge in [0.1, 0.15) is 23.5 Å². The number of carbonyl (C=O) groups is 1. The summed E-state index contributed by atoms with van der Waals surface area (Å²) in [6, 6.07) is 11.5. The number of pyridine rings is 1. The van der Waals surface area contributed by atoms with E-state index in [1.165, 1.54) is 0 Å². The van der Waals surface area contributed by atoms with E-state index in [0.29, 0.717) is 12.4 Å². The first-order valence-corrected chi connectivity index (χ1v) is 10.6. The molecule has 7 heteroatoms. The van der Waals surface area contributed by atoms with Crippen molar-refractivity contribution < 1.29 is 14.3 Å². The van der Waals surface area contributed by atoms with Crippen LogP contribution in [0.4, 0.5) is 0 Å². The molecule has 0 spiro atoms. The van der Waals surface area contributed by atoms with Crippen LogP contribution in [-0.4, -0.2) is 52.9 Å². The second-order valence-corrected chi connectivity index (χ2v) is 8.02. The number of ether oxygens (including phenoxy) is 2. The molecule has 1 aromatic heterocycles. The second-order valence-electron chi connectivity index (χ2n) is 5.75. The highest BCUT2D eigenvalue weighted by atomic mass is 32.2. The lowest BCUT2D eigenvalue weighted by Gasteiger charge is -2.24. The summed E-state index contributed by atoms with van der Waals surface area (Å²) in [5, 5.41) is 0.0728. The molecule has 1 aliphatic rings. The zero-order valence-electron chi connectivity index (χ0n) is 14.7. The third-order valence-corrected chi connectivity index (χ3v) is 6.16. The van der Waals surface area contributed by atoms with E-state index in [-0.39, 0.29) is 11.3 Å². The van der Waals surface area contributed by atoms with Crippen LogP contribution < -0.4 is 9.47 Å². The lowest BCUT2D eigenvalue weighted by Crippen LogP contribution is -2.39. The number of thioether (sulfide) groups is 2. The van der Waals surface area contributed by atoms with Crippen molar-refractivity contribution in [1.82, 2.24) is 9.88 Å². The Hall–Kier alpha value is -1.86. The zero-order chi connectivity index (χ0) is 18.2. The van der Waals surface area contributed by atoms with Gasteiger partial charge in [-0.1, -0.05) is 6.07 Å². The molecule has 26 heavy (non-hydrogen) atoms. The van der Waals surface area contributed by atoms with Gasteiger partial charge in [0.2, 0.25) is 5.91 Å². The van der Waals surface area contributed by atoms with E-state index in [1.807, 2.05) is 47.5 Å². The maximum Gasteiger partial charge on any atom is 0.233 e. The van der Waals surface area contributed by atoms with Crippen molar-refractivity contribution in [3.05, 3.63) is 54.4 Å². The largest absolute Gasteiger partial charge is 0.497 e. The van der Waals surface area contributed by atoms with Gasteiger partial charge in [-0.3, -0.25) is 9.78 Å². The number of methoxy groups -OCH3 is 1. The highest BCUT2D eigenvalue weighted by Gasteiger charge is 2.29.